The van der Waals surface area contributed by atoms with Gasteiger partial charge in [0.05, 0.1) is 23.1 Å². The van der Waals surface area contributed by atoms with Crippen LogP contribution in [0.25, 0.3) is 0 Å². The minimum atomic E-state index is -0.641. The summed E-state index contributed by atoms with van der Waals surface area (Å²) in [6.45, 7) is 0. The second-order valence-corrected chi connectivity index (χ2v) is 4.87. The van der Waals surface area contributed by atoms with Crippen LogP contribution in [-0.4, -0.2) is 7.11 Å². The summed E-state index contributed by atoms with van der Waals surface area (Å²) >= 11 is 3.22. The van der Waals surface area contributed by atoms with E-state index in [0.717, 1.165) is 19.3 Å². The monoisotopic (exact) mass is 283 g/mol. The van der Waals surface area contributed by atoms with E-state index >= 15 is 0 Å². The van der Waals surface area contributed by atoms with Crippen LogP contribution < -0.4 is 4.74 Å². The van der Waals surface area contributed by atoms with E-state index in [2.05, 4.69) is 22.0 Å². The molecule has 1 aromatic rings. The summed E-state index contributed by atoms with van der Waals surface area (Å²) < 4.78 is 19.5. The van der Waals surface area contributed by atoms with E-state index in [1.54, 1.807) is 6.07 Å². The SMILES string of the molecule is COc1cc(C2(C#N)CCC2)c(F)cc1Br. The van der Waals surface area contributed by atoms with E-state index in [9.17, 15) is 9.65 Å². The van der Waals surface area contributed by atoms with E-state index in [-0.39, 0.29) is 5.82 Å². The Kier molecular flexibility index (Phi) is 2.90. The van der Waals surface area contributed by atoms with Gasteiger partial charge in [0.15, 0.2) is 0 Å². The van der Waals surface area contributed by atoms with Gasteiger partial charge in [-0.1, -0.05) is 0 Å². The van der Waals surface area contributed by atoms with Gasteiger partial charge < -0.3 is 4.74 Å². The molecular formula is C12H11BrFNO. The molecule has 0 unspecified atom stereocenters. The van der Waals surface area contributed by atoms with Crippen molar-refractivity contribution in [3.8, 4) is 11.8 Å². The van der Waals surface area contributed by atoms with Crippen LogP contribution >= 0.6 is 15.9 Å². The van der Waals surface area contributed by atoms with Gasteiger partial charge in [0, 0.05) is 5.56 Å². The molecule has 0 bridgehead atoms. The maximum absolute atomic E-state index is 13.8. The lowest BCUT2D eigenvalue weighted by atomic mass is 9.65. The number of hydrogen-bond donors (Lipinski definition) is 0. The molecule has 0 amide bonds. The zero-order valence-electron chi connectivity index (χ0n) is 8.89. The maximum atomic E-state index is 13.8. The van der Waals surface area contributed by atoms with Gasteiger partial charge in [-0.15, -0.1) is 0 Å². The van der Waals surface area contributed by atoms with E-state index in [1.807, 2.05) is 0 Å². The number of ether oxygens (including phenoxy) is 1. The molecule has 0 aromatic heterocycles. The molecule has 0 aliphatic heterocycles. The summed E-state index contributed by atoms with van der Waals surface area (Å²) in [6, 6.07) is 5.23. The van der Waals surface area contributed by atoms with Crippen molar-refractivity contribution >= 4 is 15.9 Å². The van der Waals surface area contributed by atoms with Gasteiger partial charge in [0.1, 0.15) is 11.6 Å². The van der Waals surface area contributed by atoms with Crippen LogP contribution in [0, 0.1) is 17.1 Å². The average molecular weight is 284 g/mol. The summed E-state index contributed by atoms with van der Waals surface area (Å²) in [5, 5.41) is 9.18. The Bertz CT molecular complexity index is 463. The molecule has 84 valence electrons. The van der Waals surface area contributed by atoms with Gasteiger partial charge in [0.25, 0.3) is 0 Å². The van der Waals surface area contributed by atoms with Gasteiger partial charge in [-0.2, -0.15) is 5.26 Å². The summed E-state index contributed by atoms with van der Waals surface area (Å²) in [5.74, 6) is 0.229. The highest BCUT2D eigenvalue weighted by molar-refractivity contribution is 9.10. The molecule has 1 aliphatic carbocycles. The fourth-order valence-electron chi connectivity index (χ4n) is 2.02. The zero-order valence-corrected chi connectivity index (χ0v) is 10.5. The molecule has 2 rings (SSSR count). The van der Waals surface area contributed by atoms with E-state index < -0.39 is 5.41 Å². The van der Waals surface area contributed by atoms with Crippen LogP contribution in [0.15, 0.2) is 16.6 Å². The Morgan fingerprint density at radius 3 is 2.62 bits per heavy atom. The molecule has 1 saturated carbocycles. The van der Waals surface area contributed by atoms with E-state index in [4.69, 9.17) is 4.74 Å². The van der Waals surface area contributed by atoms with Crippen LogP contribution in [0.2, 0.25) is 0 Å². The first kappa shape index (κ1) is 11.4. The largest absolute Gasteiger partial charge is 0.496 e. The van der Waals surface area contributed by atoms with Crippen LogP contribution in [0.4, 0.5) is 4.39 Å². The molecule has 1 fully saturated rings. The molecule has 0 heterocycles. The Balaban J connectivity index is 2.53. The Labute approximate surface area is 102 Å². The number of halogens is 2. The third-order valence-electron chi connectivity index (χ3n) is 3.18. The van der Waals surface area contributed by atoms with Crippen LogP contribution in [0.5, 0.6) is 5.75 Å². The lowest BCUT2D eigenvalue weighted by molar-refractivity contribution is 0.310. The molecule has 2 nitrogen and oxygen atoms in total. The average Bonchev–Trinajstić information content (AvgIpc) is 2.20. The third kappa shape index (κ3) is 1.60. The number of hydrogen-bond acceptors (Lipinski definition) is 2. The normalized spacial score (nSPS) is 17.4. The fraction of sp³-hybridized carbons (Fsp3) is 0.417. The second kappa shape index (κ2) is 4.06. The Morgan fingerprint density at radius 1 is 1.50 bits per heavy atom. The smallest absolute Gasteiger partial charge is 0.133 e. The van der Waals surface area contributed by atoms with Crippen LogP contribution in [-0.2, 0) is 5.41 Å². The Hall–Kier alpha value is -1.08. The lowest BCUT2D eigenvalue weighted by Crippen LogP contribution is -2.33. The van der Waals surface area contributed by atoms with Crippen molar-refractivity contribution in [1.82, 2.24) is 0 Å². The van der Waals surface area contributed by atoms with Crippen LogP contribution in [0.1, 0.15) is 24.8 Å². The van der Waals surface area contributed by atoms with Crippen molar-refractivity contribution in [3.63, 3.8) is 0 Å². The first-order chi connectivity index (χ1) is 7.63. The topological polar surface area (TPSA) is 33.0 Å². The summed E-state index contributed by atoms with van der Waals surface area (Å²) in [5.41, 5.74) is -0.181. The molecule has 4 heteroatoms. The minimum Gasteiger partial charge on any atom is -0.496 e. The predicted octanol–water partition coefficient (Wildman–Crippen LogP) is 3.54. The number of nitriles is 1. The summed E-state index contributed by atoms with van der Waals surface area (Å²) in [7, 11) is 1.53. The highest BCUT2D eigenvalue weighted by Gasteiger charge is 2.41. The van der Waals surface area contributed by atoms with Gasteiger partial charge in [-0.25, -0.2) is 4.39 Å². The second-order valence-electron chi connectivity index (χ2n) is 4.01. The van der Waals surface area contributed by atoms with Gasteiger partial charge in [-0.3, -0.25) is 0 Å². The molecular weight excluding hydrogens is 273 g/mol. The highest BCUT2D eigenvalue weighted by atomic mass is 79.9. The van der Waals surface area contributed by atoms with E-state index in [1.165, 1.54) is 13.2 Å². The number of rotatable bonds is 2. The van der Waals surface area contributed by atoms with Crippen molar-refractivity contribution in [3.05, 3.63) is 28.0 Å². The fourth-order valence-corrected chi connectivity index (χ4v) is 2.50. The molecule has 0 radical (unpaired) electrons. The maximum Gasteiger partial charge on any atom is 0.133 e. The minimum absolute atomic E-state index is 0.339. The number of benzene rings is 1. The standard InChI is InChI=1S/C12H11BrFNO/c1-16-11-5-8(10(14)6-9(11)13)12(7-15)3-2-4-12/h5-6H,2-4H2,1H3. The van der Waals surface area contributed by atoms with Crippen molar-refractivity contribution in [1.29, 1.82) is 5.26 Å². The predicted molar refractivity (Wildman–Crippen MR) is 61.8 cm³/mol. The molecule has 0 saturated heterocycles. The summed E-state index contributed by atoms with van der Waals surface area (Å²) in [4.78, 5) is 0. The summed E-state index contributed by atoms with van der Waals surface area (Å²) in [6.07, 6.45) is 2.43. The van der Waals surface area contributed by atoms with Crippen molar-refractivity contribution in [2.45, 2.75) is 24.7 Å². The molecule has 1 aromatic carbocycles. The molecule has 0 N–H and O–H groups in total. The van der Waals surface area contributed by atoms with Gasteiger partial charge >= 0.3 is 0 Å². The van der Waals surface area contributed by atoms with Gasteiger partial charge in [-0.05, 0) is 47.3 Å². The lowest BCUT2D eigenvalue weighted by Gasteiger charge is -2.36. The first-order valence-electron chi connectivity index (χ1n) is 5.08. The molecule has 1 aliphatic rings. The van der Waals surface area contributed by atoms with Crippen molar-refractivity contribution in [2.75, 3.05) is 7.11 Å². The van der Waals surface area contributed by atoms with Gasteiger partial charge in [0.2, 0.25) is 0 Å². The molecule has 16 heavy (non-hydrogen) atoms. The van der Waals surface area contributed by atoms with E-state index in [0.29, 0.717) is 15.8 Å². The first-order valence-corrected chi connectivity index (χ1v) is 5.87. The zero-order chi connectivity index (χ0) is 11.8. The van der Waals surface area contributed by atoms with Crippen molar-refractivity contribution in [2.24, 2.45) is 0 Å². The van der Waals surface area contributed by atoms with Crippen molar-refractivity contribution < 1.29 is 9.13 Å². The molecule has 0 atom stereocenters. The number of nitrogens with zero attached hydrogens (tertiary/aromatic N) is 1. The molecule has 0 spiro atoms. The Morgan fingerprint density at radius 2 is 2.19 bits per heavy atom. The number of methoxy groups -OCH3 is 1. The third-order valence-corrected chi connectivity index (χ3v) is 3.80. The quantitative estimate of drug-likeness (QED) is 0.832. The highest BCUT2D eigenvalue weighted by Crippen LogP contribution is 2.46. The van der Waals surface area contributed by atoms with Crippen LogP contribution in [0.3, 0.4) is 0 Å².